The molecule has 0 saturated heterocycles. The highest BCUT2D eigenvalue weighted by atomic mass is 28.4. The van der Waals surface area contributed by atoms with E-state index in [1.165, 1.54) is 0 Å². The Labute approximate surface area is 63.9 Å². The van der Waals surface area contributed by atoms with Gasteiger partial charge in [-0.3, -0.25) is 0 Å². The fourth-order valence-corrected chi connectivity index (χ4v) is 1.16. The molecule has 3 heteroatoms. The van der Waals surface area contributed by atoms with Crippen molar-refractivity contribution in [2.45, 2.75) is 26.6 Å². The Morgan fingerprint density at radius 1 is 1.50 bits per heavy atom. The second kappa shape index (κ2) is 3.74. The van der Waals surface area contributed by atoms with Crippen LogP contribution in [0.15, 0.2) is 0 Å². The largest absolute Gasteiger partial charge is 0.416 e. The zero-order chi connectivity index (χ0) is 8.20. The summed E-state index contributed by atoms with van der Waals surface area (Å²) in [5, 5.41) is 8.42. The molecule has 0 N–H and O–H groups in total. The van der Waals surface area contributed by atoms with Gasteiger partial charge in [0.15, 0.2) is 8.32 Å². The minimum atomic E-state index is -1.39. The molecule has 0 spiro atoms. The zero-order valence-corrected chi connectivity index (χ0v) is 8.14. The molecule has 0 amide bonds. The normalized spacial score (nSPS) is 14.3. The lowest BCUT2D eigenvalue weighted by molar-refractivity contribution is 0.282. The summed E-state index contributed by atoms with van der Waals surface area (Å²) in [7, 11) is -1.39. The number of hydrogen-bond donors (Lipinski definition) is 0. The molecule has 0 fully saturated rings. The topological polar surface area (TPSA) is 33.0 Å². The van der Waals surface area contributed by atoms with Gasteiger partial charge in [0.25, 0.3) is 0 Å². The molecule has 0 aromatic carbocycles. The lowest BCUT2D eigenvalue weighted by Gasteiger charge is -2.17. The molecule has 10 heavy (non-hydrogen) atoms. The molecular weight excluding hydrogens is 142 g/mol. The SMILES string of the molecule is C[C@@H](C#N)CO[Si](C)(C)C. The van der Waals surface area contributed by atoms with Crippen molar-refractivity contribution >= 4 is 8.32 Å². The van der Waals surface area contributed by atoms with Crippen LogP contribution in [-0.4, -0.2) is 14.9 Å². The Bertz CT molecular complexity index is 134. The van der Waals surface area contributed by atoms with E-state index in [0.29, 0.717) is 6.61 Å². The van der Waals surface area contributed by atoms with Crippen LogP contribution in [0.3, 0.4) is 0 Å². The minimum Gasteiger partial charge on any atom is -0.416 e. The van der Waals surface area contributed by atoms with Crippen molar-refractivity contribution in [3.05, 3.63) is 0 Å². The van der Waals surface area contributed by atoms with Crippen molar-refractivity contribution in [3.8, 4) is 6.07 Å². The van der Waals surface area contributed by atoms with Crippen LogP contribution >= 0.6 is 0 Å². The fraction of sp³-hybridized carbons (Fsp3) is 0.857. The Morgan fingerprint density at radius 2 is 2.00 bits per heavy atom. The van der Waals surface area contributed by atoms with Crippen LogP contribution in [0.25, 0.3) is 0 Å². The number of rotatable bonds is 3. The molecule has 0 aromatic rings. The number of nitrogens with zero attached hydrogens (tertiary/aromatic N) is 1. The third-order valence-electron chi connectivity index (χ3n) is 0.987. The molecule has 1 atom stereocenters. The number of hydrogen-bond acceptors (Lipinski definition) is 2. The molecule has 58 valence electrons. The van der Waals surface area contributed by atoms with Gasteiger partial charge in [0.2, 0.25) is 0 Å². The summed E-state index contributed by atoms with van der Waals surface area (Å²) < 4.78 is 5.50. The summed E-state index contributed by atoms with van der Waals surface area (Å²) in [6.45, 7) is 8.83. The second-order valence-corrected chi connectivity index (χ2v) is 7.97. The molecule has 0 unspecified atom stereocenters. The molecule has 0 rings (SSSR count). The second-order valence-electron chi connectivity index (χ2n) is 3.45. The maximum Gasteiger partial charge on any atom is 0.183 e. The molecule has 0 aromatic heterocycles. The lowest BCUT2D eigenvalue weighted by Crippen LogP contribution is -2.27. The Kier molecular flexibility index (Phi) is 3.62. The van der Waals surface area contributed by atoms with Crippen molar-refractivity contribution in [2.75, 3.05) is 6.61 Å². The fourth-order valence-electron chi connectivity index (χ4n) is 0.412. The first-order valence-corrected chi connectivity index (χ1v) is 6.90. The predicted molar refractivity (Wildman–Crippen MR) is 44.1 cm³/mol. The Balaban J connectivity index is 3.48. The highest BCUT2D eigenvalue weighted by molar-refractivity contribution is 6.69. The molecule has 0 heterocycles. The molecular formula is C7H15NOSi. The molecule has 0 aliphatic heterocycles. The van der Waals surface area contributed by atoms with Crippen molar-refractivity contribution < 1.29 is 4.43 Å². The molecule has 0 saturated carbocycles. The van der Waals surface area contributed by atoms with Crippen molar-refractivity contribution in [2.24, 2.45) is 5.92 Å². The predicted octanol–water partition coefficient (Wildman–Crippen LogP) is 2.00. The van der Waals surface area contributed by atoms with Gasteiger partial charge in [-0.05, 0) is 26.6 Å². The third-order valence-corrected chi connectivity index (χ3v) is 2.02. The van der Waals surface area contributed by atoms with Gasteiger partial charge in [0, 0.05) is 6.61 Å². The van der Waals surface area contributed by atoms with Gasteiger partial charge in [0.1, 0.15) is 0 Å². The van der Waals surface area contributed by atoms with Gasteiger partial charge in [-0.1, -0.05) is 0 Å². The standard InChI is InChI=1S/C7H15NOSi/c1-7(5-8)6-9-10(2,3)4/h7H,6H2,1-4H3/t7-/m0/s1. The first-order valence-electron chi connectivity index (χ1n) is 3.49. The summed E-state index contributed by atoms with van der Waals surface area (Å²) >= 11 is 0. The van der Waals surface area contributed by atoms with Crippen molar-refractivity contribution in [1.29, 1.82) is 5.26 Å². The van der Waals surface area contributed by atoms with Crippen molar-refractivity contribution in [1.82, 2.24) is 0 Å². The van der Waals surface area contributed by atoms with Gasteiger partial charge < -0.3 is 4.43 Å². The molecule has 0 aliphatic rings. The molecule has 0 bridgehead atoms. The van der Waals surface area contributed by atoms with E-state index in [0.717, 1.165) is 0 Å². The van der Waals surface area contributed by atoms with Crippen LogP contribution in [0.1, 0.15) is 6.92 Å². The third kappa shape index (κ3) is 5.80. The maximum absolute atomic E-state index is 8.42. The van der Waals surface area contributed by atoms with E-state index in [4.69, 9.17) is 9.69 Å². The molecule has 2 nitrogen and oxygen atoms in total. The highest BCUT2D eigenvalue weighted by Crippen LogP contribution is 2.04. The van der Waals surface area contributed by atoms with E-state index in [1.54, 1.807) is 0 Å². The monoisotopic (exact) mass is 157 g/mol. The first kappa shape index (κ1) is 9.67. The van der Waals surface area contributed by atoms with Crippen LogP contribution in [0.4, 0.5) is 0 Å². The van der Waals surface area contributed by atoms with Crippen molar-refractivity contribution in [3.63, 3.8) is 0 Å². The zero-order valence-electron chi connectivity index (χ0n) is 7.14. The van der Waals surface area contributed by atoms with E-state index in [1.807, 2.05) is 6.92 Å². The van der Waals surface area contributed by atoms with E-state index in [2.05, 4.69) is 25.7 Å². The van der Waals surface area contributed by atoms with Gasteiger partial charge in [-0.2, -0.15) is 5.26 Å². The van der Waals surface area contributed by atoms with E-state index in [9.17, 15) is 0 Å². The van der Waals surface area contributed by atoms with Crippen LogP contribution in [0, 0.1) is 17.2 Å². The highest BCUT2D eigenvalue weighted by Gasteiger charge is 2.14. The summed E-state index contributed by atoms with van der Waals surface area (Å²) in [6, 6.07) is 2.13. The summed E-state index contributed by atoms with van der Waals surface area (Å²) in [5.74, 6) is 0.0340. The van der Waals surface area contributed by atoms with E-state index >= 15 is 0 Å². The minimum absolute atomic E-state index is 0.0340. The summed E-state index contributed by atoms with van der Waals surface area (Å²) in [4.78, 5) is 0. The maximum atomic E-state index is 8.42. The Hall–Kier alpha value is -0.333. The van der Waals surface area contributed by atoms with E-state index in [-0.39, 0.29) is 5.92 Å². The average molecular weight is 157 g/mol. The van der Waals surface area contributed by atoms with Gasteiger partial charge in [0.05, 0.1) is 12.0 Å². The van der Waals surface area contributed by atoms with E-state index < -0.39 is 8.32 Å². The van der Waals surface area contributed by atoms with Gasteiger partial charge >= 0.3 is 0 Å². The summed E-state index contributed by atoms with van der Waals surface area (Å²) in [6.07, 6.45) is 0. The van der Waals surface area contributed by atoms with Crippen LogP contribution in [-0.2, 0) is 4.43 Å². The van der Waals surface area contributed by atoms with Crippen LogP contribution in [0.2, 0.25) is 19.6 Å². The number of nitriles is 1. The average Bonchev–Trinajstić information content (AvgIpc) is 1.81. The van der Waals surface area contributed by atoms with Gasteiger partial charge in [-0.25, -0.2) is 0 Å². The molecule has 0 aliphatic carbocycles. The van der Waals surface area contributed by atoms with Crippen LogP contribution < -0.4 is 0 Å². The smallest absolute Gasteiger partial charge is 0.183 e. The Morgan fingerprint density at radius 3 is 2.30 bits per heavy atom. The first-order chi connectivity index (χ1) is 4.45. The molecule has 0 radical (unpaired) electrons. The summed E-state index contributed by atoms with van der Waals surface area (Å²) in [5.41, 5.74) is 0. The quantitative estimate of drug-likeness (QED) is 0.587. The van der Waals surface area contributed by atoms with Crippen LogP contribution in [0.5, 0.6) is 0 Å². The lowest BCUT2D eigenvalue weighted by atomic mass is 10.2. The van der Waals surface area contributed by atoms with Gasteiger partial charge in [-0.15, -0.1) is 0 Å².